The zero-order valence-corrected chi connectivity index (χ0v) is 8.84. The monoisotopic (exact) mass is 241 g/mol. The smallest absolute Gasteiger partial charge is 0.0705 e. The Morgan fingerprint density at radius 1 is 1.38 bits per heavy atom. The van der Waals surface area contributed by atoms with Gasteiger partial charge < -0.3 is 10.4 Å². The van der Waals surface area contributed by atoms with Gasteiger partial charge in [-0.25, -0.2) is 0 Å². The zero-order valence-electron chi connectivity index (χ0n) is 7.26. The number of halogens is 1. The Hall–Kier alpha value is -0.380. The van der Waals surface area contributed by atoms with Gasteiger partial charge in [0.2, 0.25) is 0 Å². The van der Waals surface area contributed by atoms with Crippen molar-refractivity contribution in [2.24, 2.45) is 0 Å². The van der Waals surface area contributed by atoms with Crippen molar-refractivity contribution in [1.29, 1.82) is 0 Å². The molecule has 13 heavy (non-hydrogen) atoms. The van der Waals surface area contributed by atoms with Gasteiger partial charge in [-0.1, -0.05) is 22.0 Å². The molecule has 2 rings (SSSR count). The van der Waals surface area contributed by atoms with E-state index < -0.39 is 0 Å². The maximum absolute atomic E-state index is 9.53. The molecule has 0 radical (unpaired) electrons. The summed E-state index contributed by atoms with van der Waals surface area (Å²) in [6, 6.07) is 6.22. The highest BCUT2D eigenvalue weighted by Gasteiger charge is 2.13. The van der Waals surface area contributed by atoms with Crippen LogP contribution < -0.4 is 5.32 Å². The zero-order chi connectivity index (χ0) is 9.26. The number of hydrogen-bond acceptors (Lipinski definition) is 2. The van der Waals surface area contributed by atoms with Crippen molar-refractivity contribution in [3.8, 4) is 0 Å². The maximum Gasteiger partial charge on any atom is 0.0705 e. The molecule has 1 aliphatic heterocycles. The summed E-state index contributed by atoms with van der Waals surface area (Å²) in [5, 5.41) is 12.7. The summed E-state index contributed by atoms with van der Waals surface area (Å²) in [6.07, 6.45) is 0.512. The predicted octanol–water partition coefficient (Wildman–Crippen LogP) is 1.46. The fourth-order valence-corrected chi connectivity index (χ4v) is 2.07. The van der Waals surface area contributed by atoms with Crippen LogP contribution in [0.25, 0.3) is 0 Å². The molecule has 0 amide bonds. The fourth-order valence-electron chi connectivity index (χ4n) is 1.66. The predicted molar refractivity (Wildman–Crippen MR) is 55.6 cm³/mol. The molecule has 2 N–H and O–H groups in total. The lowest BCUT2D eigenvalue weighted by molar-refractivity contribution is 0.175. The Morgan fingerprint density at radius 2 is 2.23 bits per heavy atom. The van der Waals surface area contributed by atoms with E-state index in [1.165, 1.54) is 11.1 Å². The SMILES string of the molecule is OC1CNCc2cc(Br)ccc2C1. The van der Waals surface area contributed by atoms with Gasteiger partial charge in [0.15, 0.2) is 0 Å². The number of nitrogens with one attached hydrogen (secondary N) is 1. The highest BCUT2D eigenvalue weighted by atomic mass is 79.9. The summed E-state index contributed by atoms with van der Waals surface area (Å²) in [4.78, 5) is 0. The van der Waals surface area contributed by atoms with E-state index in [9.17, 15) is 5.11 Å². The van der Waals surface area contributed by atoms with Crippen LogP contribution in [-0.4, -0.2) is 17.8 Å². The second-order valence-corrected chi connectivity index (χ2v) is 4.32. The number of rotatable bonds is 0. The van der Waals surface area contributed by atoms with Crippen LogP contribution in [0.3, 0.4) is 0 Å². The Labute approximate surface area is 86.1 Å². The maximum atomic E-state index is 9.53. The third-order valence-corrected chi connectivity index (χ3v) is 2.81. The second kappa shape index (κ2) is 3.78. The summed E-state index contributed by atoms with van der Waals surface area (Å²) in [5.74, 6) is 0. The van der Waals surface area contributed by atoms with E-state index in [4.69, 9.17) is 0 Å². The molecule has 1 aromatic rings. The molecule has 70 valence electrons. The van der Waals surface area contributed by atoms with Crippen LogP contribution in [-0.2, 0) is 13.0 Å². The van der Waals surface area contributed by atoms with Crippen LogP contribution in [0.2, 0.25) is 0 Å². The molecular formula is C10H12BrNO. The van der Waals surface area contributed by atoms with Gasteiger partial charge in [-0.05, 0) is 29.7 Å². The van der Waals surface area contributed by atoms with Crippen molar-refractivity contribution in [3.05, 3.63) is 33.8 Å². The number of aliphatic hydroxyl groups excluding tert-OH is 1. The molecule has 0 saturated carbocycles. The van der Waals surface area contributed by atoms with Gasteiger partial charge in [-0.3, -0.25) is 0 Å². The molecule has 0 fully saturated rings. The van der Waals surface area contributed by atoms with Gasteiger partial charge in [0.05, 0.1) is 6.10 Å². The minimum atomic E-state index is -0.248. The Balaban J connectivity index is 2.34. The molecule has 0 aromatic heterocycles. The highest BCUT2D eigenvalue weighted by molar-refractivity contribution is 9.10. The minimum Gasteiger partial charge on any atom is -0.391 e. The Kier molecular flexibility index (Phi) is 2.67. The molecule has 3 heteroatoms. The van der Waals surface area contributed by atoms with Gasteiger partial charge in [0, 0.05) is 17.6 Å². The van der Waals surface area contributed by atoms with Gasteiger partial charge in [0.1, 0.15) is 0 Å². The van der Waals surface area contributed by atoms with Crippen molar-refractivity contribution in [2.75, 3.05) is 6.54 Å². The van der Waals surface area contributed by atoms with E-state index in [1.807, 2.05) is 6.07 Å². The first kappa shape index (κ1) is 9.19. The average molecular weight is 242 g/mol. The summed E-state index contributed by atoms with van der Waals surface area (Å²) < 4.78 is 1.10. The van der Waals surface area contributed by atoms with Crippen LogP contribution in [0.15, 0.2) is 22.7 Å². The average Bonchev–Trinajstić information content (AvgIpc) is 2.25. The van der Waals surface area contributed by atoms with E-state index in [0.717, 1.165) is 17.4 Å². The summed E-state index contributed by atoms with van der Waals surface area (Å²) in [7, 11) is 0. The van der Waals surface area contributed by atoms with Crippen LogP contribution in [0.5, 0.6) is 0 Å². The first-order chi connectivity index (χ1) is 6.25. The molecule has 2 nitrogen and oxygen atoms in total. The number of benzene rings is 1. The van der Waals surface area contributed by atoms with Crippen molar-refractivity contribution in [2.45, 2.75) is 19.1 Å². The Morgan fingerprint density at radius 3 is 3.08 bits per heavy atom. The van der Waals surface area contributed by atoms with Crippen molar-refractivity contribution in [3.63, 3.8) is 0 Å². The number of β-amino-alcohol motifs (C(OH)–C–C–N with tert-alkyl or cyclic N) is 1. The van der Waals surface area contributed by atoms with E-state index in [-0.39, 0.29) is 6.10 Å². The van der Waals surface area contributed by atoms with Crippen molar-refractivity contribution < 1.29 is 5.11 Å². The second-order valence-electron chi connectivity index (χ2n) is 3.40. The lowest BCUT2D eigenvalue weighted by Gasteiger charge is -2.06. The lowest BCUT2D eigenvalue weighted by Crippen LogP contribution is -2.24. The molecular weight excluding hydrogens is 230 g/mol. The van der Waals surface area contributed by atoms with Gasteiger partial charge in [-0.15, -0.1) is 0 Å². The lowest BCUT2D eigenvalue weighted by atomic mass is 10.0. The standard InChI is InChI=1S/C10H12BrNO/c11-9-2-1-7-4-10(13)6-12-5-8(7)3-9/h1-3,10,12-13H,4-6H2. The third kappa shape index (κ3) is 2.10. The molecule has 1 unspecified atom stereocenters. The van der Waals surface area contributed by atoms with E-state index >= 15 is 0 Å². The quantitative estimate of drug-likeness (QED) is 0.721. The summed E-state index contributed by atoms with van der Waals surface area (Å²) in [6.45, 7) is 1.54. The molecule has 0 aliphatic carbocycles. The van der Waals surface area contributed by atoms with Crippen LogP contribution >= 0.6 is 15.9 Å². The van der Waals surface area contributed by atoms with E-state index in [1.54, 1.807) is 0 Å². The van der Waals surface area contributed by atoms with Gasteiger partial charge in [0.25, 0.3) is 0 Å². The van der Waals surface area contributed by atoms with Gasteiger partial charge in [-0.2, -0.15) is 0 Å². The molecule has 0 bridgehead atoms. The third-order valence-electron chi connectivity index (χ3n) is 2.32. The molecule has 1 atom stereocenters. The molecule has 1 aromatic carbocycles. The van der Waals surface area contributed by atoms with E-state index in [0.29, 0.717) is 6.54 Å². The number of fused-ring (bicyclic) bond motifs is 1. The summed E-state index contributed by atoms with van der Waals surface area (Å²) >= 11 is 3.44. The summed E-state index contributed by atoms with van der Waals surface area (Å²) in [5.41, 5.74) is 2.53. The molecule has 1 aliphatic rings. The highest BCUT2D eigenvalue weighted by Crippen LogP contribution is 2.19. The fraction of sp³-hybridized carbons (Fsp3) is 0.400. The van der Waals surface area contributed by atoms with Crippen molar-refractivity contribution >= 4 is 15.9 Å². The topological polar surface area (TPSA) is 32.3 Å². The minimum absolute atomic E-state index is 0.248. The van der Waals surface area contributed by atoms with Gasteiger partial charge >= 0.3 is 0 Å². The first-order valence-electron chi connectivity index (χ1n) is 4.42. The number of hydrogen-bond donors (Lipinski definition) is 2. The van der Waals surface area contributed by atoms with Crippen LogP contribution in [0.1, 0.15) is 11.1 Å². The van der Waals surface area contributed by atoms with Crippen molar-refractivity contribution in [1.82, 2.24) is 5.32 Å². The number of aliphatic hydroxyl groups is 1. The molecule has 0 spiro atoms. The largest absolute Gasteiger partial charge is 0.391 e. The Bertz CT molecular complexity index is 314. The first-order valence-corrected chi connectivity index (χ1v) is 5.21. The van der Waals surface area contributed by atoms with Crippen LogP contribution in [0, 0.1) is 0 Å². The molecule has 1 heterocycles. The normalized spacial score (nSPS) is 22.2. The van der Waals surface area contributed by atoms with E-state index in [2.05, 4.69) is 33.4 Å². The van der Waals surface area contributed by atoms with Crippen LogP contribution in [0.4, 0.5) is 0 Å². The molecule has 0 saturated heterocycles.